The van der Waals surface area contributed by atoms with Gasteiger partial charge in [-0.1, -0.05) is 12.1 Å². The first kappa shape index (κ1) is 10.5. The van der Waals surface area contributed by atoms with Gasteiger partial charge < -0.3 is 15.2 Å². The van der Waals surface area contributed by atoms with Crippen LogP contribution in [-0.4, -0.2) is 30.9 Å². The van der Waals surface area contributed by atoms with Gasteiger partial charge in [-0.05, 0) is 37.1 Å². The van der Waals surface area contributed by atoms with Gasteiger partial charge in [0.15, 0.2) is 0 Å². The first-order valence-electron chi connectivity index (χ1n) is 5.43. The minimum absolute atomic E-state index is 0.344. The predicted octanol–water partition coefficient (Wildman–Crippen LogP) is 1.31. The van der Waals surface area contributed by atoms with Gasteiger partial charge in [-0.15, -0.1) is 0 Å². The summed E-state index contributed by atoms with van der Waals surface area (Å²) in [5.74, 6) is 0.344. The molecule has 1 aliphatic rings. The van der Waals surface area contributed by atoms with Crippen LogP contribution in [0.5, 0.6) is 5.75 Å². The number of aromatic hydroxyl groups is 1. The quantitative estimate of drug-likeness (QED) is 0.782. The predicted molar refractivity (Wildman–Crippen MR) is 59.0 cm³/mol. The first-order valence-corrected chi connectivity index (χ1v) is 5.43. The second-order valence-corrected chi connectivity index (χ2v) is 3.93. The van der Waals surface area contributed by atoms with Gasteiger partial charge in [0, 0.05) is 12.6 Å². The fraction of sp³-hybridized carbons (Fsp3) is 0.500. The molecule has 1 fully saturated rings. The van der Waals surface area contributed by atoms with Gasteiger partial charge in [0.1, 0.15) is 5.75 Å². The number of rotatable bonds is 4. The Morgan fingerprint density at radius 3 is 3.13 bits per heavy atom. The average Bonchev–Trinajstić information content (AvgIpc) is 2.71. The highest BCUT2D eigenvalue weighted by Crippen LogP contribution is 2.11. The van der Waals surface area contributed by atoms with Crippen LogP contribution in [0.3, 0.4) is 0 Å². The van der Waals surface area contributed by atoms with E-state index < -0.39 is 0 Å². The van der Waals surface area contributed by atoms with Crippen molar-refractivity contribution in [3.8, 4) is 5.75 Å². The molecule has 0 spiro atoms. The molecule has 1 atom stereocenters. The number of ether oxygens (including phenoxy) is 1. The largest absolute Gasteiger partial charge is 0.508 e. The number of benzene rings is 1. The molecule has 0 amide bonds. The zero-order valence-corrected chi connectivity index (χ0v) is 8.78. The Kier molecular flexibility index (Phi) is 3.59. The van der Waals surface area contributed by atoms with Gasteiger partial charge in [-0.3, -0.25) is 0 Å². The van der Waals surface area contributed by atoms with Crippen LogP contribution >= 0.6 is 0 Å². The van der Waals surface area contributed by atoms with Crippen LogP contribution in [0, 0.1) is 0 Å². The van der Waals surface area contributed by atoms with E-state index in [9.17, 15) is 5.11 Å². The zero-order chi connectivity index (χ0) is 10.5. The van der Waals surface area contributed by atoms with E-state index in [0.717, 1.165) is 32.6 Å². The van der Waals surface area contributed by atoms with Crippen molar-refractivity contribution in [2.75, 3.05) is 19.8 Å². The van der Waals surface area contributed by atoms with Crippen molar-refractivity contribution >= 4 is 0 Å². The fourth-order valence-electron chi connectivity index (χ4n) is 1.83. The number of phenolic OH excluding ortho intramolecular Hbond substituents is 1. The van der Waals surface area contributed by atoms with Crippen molar-refractivity contribution in [1.29, 1.82) is 0 Å². The molecule has 2 N–H and O–H groups in total. The van der Waals surface area contributed by atoms with Crippen molar-refractivity contribution in [1.82, 2.24) is 5.32 Å². The Bertz CT molecular complexity index is 308. The van der Waals surface area contributed by atoms with Crippen molar-refractivity contribution < 1.29 is 9.84 Å². The Balaban J connectivity index is 1.73. The molecule has 1 aliphatic heterocycles. The summed E-state index contributed by atoms with van der Waals surface area (Å²) in [6.45, 7) is 2.65. The van der Waals surface area contributed by atoms with Crippen molar-refractivity contribution in [3.05, 3.63) is 29.8 Å². The third-order valence-corrected chi connectivity index (χ3v) is 2.69. The van der Waals surface area contributed by atoms with Crippen LogP contribution in [0.2, 0.25) is 0 Å². The minimum Gasteiger partial charge on any atom is -0.508 e. The van der Waals surface area contributed by atoms with Gasteiger partial charge in [0.25, 0.3) is 0 Å². The zero-order valence-electron chi connectivity index (χ0n) is 8.78. The molecule has 1 aromatic carbocycles. The molecule has 0 aromatic heterocycles. The van der Waals surface area contributed by atoms with E-state index in [1.54, 1.807) is 6.07 Å². The molecule has 0 radical (unpaired) electrons. The number of nitrogens with one attached hydrogen (secondary N) is 1. The molecule has 0 bridgehead atoms. The summed E-state index contributed by atoms with van der Waals surface area (Å²) in [6.07, 6.45) is 2.06. The van der Waals surface area contributed by atoms with E-state index in [-0.39, 0.29) is 0 Å². The lowest BCUT2D eigenvalue weighted by Crippen LogP contribution is -2.30. The summed E-state index contributed by atoms with van der Waals surface area (Å²) in [6, 6.07) is 7.94. The maximum atomic E-state index is 9.28. The summed E-state index contributed by atoms with van der Waals surface area (Å²) < 4.78 is 5.28. The molecular formula is C12H17NO2. The van der Waals surface area contributed by atoms with Crippen LogP contribution < -0.4 is 5.32 Å². The second-order valence-electron chi connectivity index (χ2n) is 3.93. The topological polar surface area (TPSA) is 41.5 Å². The molecule has 1 saturated heterocycles. The molecule has 82 valence electrons. The van der Waals surface area contributed by atoms with Gasteiger partial charge in [0.2, 0.25) is 0 Å². The standard InChI is InChI=1S/C12H17NO2/c14-12-3-1-2-10(8-12)4-6-13-11-5-7-15-9-11/h1-3,8,11,13-14H,4-7,9H2. The van der Waals surface area contributed by atoms with Crippen LogP contribution in [0.25, 0.3) is 0 Å². The van der Waals surface area contributed by atoms with E-state index in [1.165, 1.54) is 5.56 Å². The first-order chi connectivity index (χ1) is 7.34. The van der Waals surface area contributed by atoms with Crippen LogP contribution in [-0.2, 0) is 11.2 Å². The Morgan fingerprint density at radius 2 is 2.40 bits per heavy atom. The Morgan fingerprint density at radius 1 is 1.47 bits per heavy atom. The Labute approximate surface area is 90.1 Å². The maximum Gasteiger partial charge on any atom is 0.115 e. The fourth-order valence-corrected chi connectivity index (χ4v) is 1.83. The third kappa shape index (κ3) is 3.22. The van der Waals surface area contributed by atoms with Gasteiger partial charge in [-0.2, -0.15) is 0 Å². The average molecular weight is 207 g/mol. The normalized spacial score (nSPS) is 20.7. The molecular weight excluding hydrogens is 190 g/mol. The van der Waals surface area contributed by atoms with E-state index in [1.807, 2.05) is 18.2 Å². The monoisotopic (exact) mass is 207 g/mol. The minimum atomic E-state index is 0.344. The highest BCUT2D eigenvalue weighted by molar-refractivity contribution is 5.27. The van der Waals surface area contributed by atoms with E-state index >= 15 is 0 Å². The van der Waals surface area contributed by atoms with E-state index in [2.05, 4.69) is 5.32 Å². The molecule has 1 unspecified atom stereocenters. The van der Waals surface area contributed by atoms with Crippen molar-refractivity contribution in [2.24, 2.45) is 0 Å². The summed E-state index contributed by atoms with van der Waals surface area (Å²) in [5.41, 5.74) is 1.17. The van der Waals surface area contributed by atoms with Crippen LogP contribution in [0.1, 0.15) is 12.0 Å². The van der Waals surface area contributed by atoms with E-state index in [4.69, 9.17) is 4.74 Å². The lowest BCUT2D eigenvalue weighted by Gasteiger charge is -2.10. The van der Waals surface area contributed by atoms with Crippen molar-refractivity contribution in [3.63, 3.8) is 0 Å². The summed E-state index contributed by atoms with van der Waals surface area (Å²) >= 11 is 0. The van der Waals surface area contributed by atoms with Crippen LogP contribution in [0.4, 0.5) is 0 Å². The summed E-state index contributed by atoms with van der Waals surface area (Å²) in [4.78, 5) is 0. The van der Waals surface area contributed by atoms with Crippen LogP contribution in [0.15, 0.2) is 24.3 Å². The second kappa shape index (κ2) is 5.14. The SMILES string of the molecule is Oc1cccc(CCNC2CCOC2)c1. The smallest absolute Gasteiger partial charge is 0.115 e. The molecule has 0 saturated carbocycles. The van der Waals surface area contributed by atoms with Gasteiger partial charge >= 0.3 is 0 Å². The van der Waals surface area contributed by atoms with Crippen molar-refractivity contribution in [2.45, 2.75) is 18.9 Å². The summed E-state index contributed by atoms with van der Waals surface area (Å²) in [5, 5.41) is 12.7. The Hall–Kier alpha value is -1.06. The molecule has 1 heterocycles. The summed E-state index contributed by atoms with van der Waals surface area (Å²) in [7, 11) is 0. The van der Waals surface area contributed by atoms with Gasteiger partial charge in [0.05, 0.1) is 6.61 Å². The molecule has 1 aromatic rings. The third-order valence-electron chi connectivity index (χ3n) is 2.69. The highest BCUT2D eigenvalue weighted by atomic mass is 16.5. The van der Waals surface area contributed by atoms with Gasteiger partial charge in [-0.25, -0.2) is 0 Å². The molecule has 0 aliphatic carbocycles. The highest BCUT2D eigenvalue weighted by Gasteiger charge is 2.13. The molecule has 3 nitrogen and oxygen atoms in total. The number of phenols is 1. The molecule has 3 heteroatoms. The molecule has 2 rings (SSSR count). The van der Waals surface area contributed by atoms with E-state index in [0.29, 0.717) is 11.8 Å². The lowest BCUT2D eigenvalue weighted by molar-refractivity contribution is 0.190. The molecule has 15 heavy (non-hydrogen) atoms. The number of hydrogen-bond donors (Lipinski definition) is 2. The lowest BCUT2D eigenvalue weighted by atomic mass is 10.1. The number of hydrogen-bond acceptors (Lipinski definition) is 3. The maximum absolute atomic E-state index is 9.28.